The predicted molar refractivity (Wildman–Crippen MR) is 135 cm³/mol. The molecule has 2 heterocycles. The molecule has 0 bridgehead atoms. The lowest BCUT2D eigenvalue weighted by atomic mass is 10.1. The third kappa shape index (κ3) is 8.10. The third-order valence-electron chi connectivity index (χ3n) is 4.90. The van der Waals surface area contributed by atoms with Gasteiger partial charge in [-0.25, -0.2) is 4.98 Å². The minimum Gasteiger partial charge on any atom is -0.488 e. The number of ether oxygens (including phenoxy) is 4. The van der Waals surface area contributed by atoms with Gasteiger partial charge in [-0.05, 0) is 24.6 Å². The lowest BCUT2D eigenvalue weighted by molar-refractivity contribution is 0.140. The number of nitrogens with zero attached hydrogens (tertiary/aromatic N) is 2. The van der Waals surface area contributed by atoms with E-state index in [2.05, 4.69) is 45.7 Å². The van der Waals surface area contributed by atoms with Gasteiger partial charge in [0.2, 0.25) is 5.88 Å². The van der Waals surface area contributed by atoms with Crippen LogP contribution in [0.3, 0.4) is 0 Å². The summed E-state index contributed by atoms with van der Waals surface area (Å²) in [6, 6.07) is 10.1. The van der Waals surface area contributed by atoms with E-state index >= 15 is 0 Å². The zero-order valence-corrected chi connectivity index (χ0v) is 21.3. The number of pyridine rings is 1. The molecule has 8 nitrogen and oxygen atoms in total. The Kier molecular flexibility index (Phi) is 11.5. The number of methoxy groups -OCH3 is 1. The van der Waals surface area contributed by atoms with E-state index in [1.54, 1.807) is 20.4 Å². The molecule has 1 aliphatic rings. The van der Waals surface area contributed by atoms with Crippen molar-refractivity contribution in [3.8, 4) is 11.6 Å². The molecule has 2 aromatic rings. The van der Waals surface area contributed by atoms with Crippen LogP contribution in [0.1, 0.15) is 23.1 Å². The molecule has 2 N–H and O–H groups in total. The van der Waals surface area contributed by atoms with E-state index in [-0.39, 0.29) is 30.1 Å². The zero-order chi connectivity index (χ0) is 21.9. The standard InChI is InChI=1S/C23H32N4O4.HI/c1-17-6-7-18(21(13-17)31-20-8-10-29-16-20)14-26-23(24-2)27-15-19-5-4-9-25-22(19)30-12-11-28-3;/h4-7,9,13,20H,8,10-12,14-16H2,1-3H3,(H2,24,26,27);1H. The summed E-state index contributed by atoms with van der Waals surface area (Å²) in [5.74, 6) is 2.16. The summed E-state index contributed by atoms with van der Waals surface area (Å²) in [6.45, 7) is 5.56. The molecular formula is C23H33IN4O4. The van der Waals surface area contributed by atoms with E-state index < -0.39 is 0 Å². The Morgan fingerprint density at radius 1 is 1.19 bits per heavy atom. The average Bonchev–Trinajstić information content (AvgIpc) is 3.29. The average molecular weight is 556 g/mol. The fourth-order valence-electron chi connectivity index (χ4n) is 3.19. The van der Waals surface area contributed by atoms with Crippen LogP contribution in [0, 0.1) is 6.92 Å². The largest absolute Gasteiger partial charge is 0.488 e. The van der Waals surface area contributed by atoms with Gasteiger partial charge in [0.05, 0.1) is 19.8 Å². The van der Waals surface area contributed by atoms with Crippen molar-refractivity contribution in [2.24, 2.45) is 4.99 Å². The molecule has 1 aliphatic heterocycles. The molecule has 0 radical (unpaired) electrons. The fraction of sp³-hybridized carbons (Fsp3) is 0.478. The minimum atomic E-state index is 0. The van der Waals surface area contributed by atoms with Crippen molar-refractivity contribution >= 4 is 29.9 Å². The highest BCUT2D eigenvalue weighted by Crippen LogP contribution is 2.23. The van der Waals surface area contributed by atoms with Crippen molar-refractivity contribution in [2.75, 3.05) is 40.6 Å². The Labute approximate surface area is 207 Å². The Bertz CT molecular complexity index is 860. The van der Waals surface area contributed by atoms with Gasteiger partial charge in [0, 0.05) is 51.0 Å². The summed E-state index contributed by atoms with van der Waals surface area (Å²) < 4.78 is 22.4. The molecule has 3 rings (SSSR count). The number of aliphatic imine (C=N–C) groups is 1. The first-order chi connectivity index (χ1) is 15.2. The number of halogens is 1. The Morgan fingerprint density at radius 3 is 2.72 bits per heavy atom. The van der Waals surface area contributed by atoms with Gasteiger partial charge in [0.15, 0.2) is 5.96 Å². The molecule has 9 heteroatoms. The van der Waals surface area contributed by atoms with Crippen molar-refractivity contribution in [3.05, 3.63) is 53.2 Å². The number of benzene rings is 1. The molecule has 1 aromatic carbocycles. The van der Waals surface area contributed by atoms with Crippen molar-refractivity contribution < 1.29 is 18.9 Å². The van der Waals surface area contributed by atoms with Crippen LogP contribution in [-0.2, 0) is 22.6 Å². The van der Waals surface area contributed by atoms with Crippen molar-refractivity contribution in [1.29, 1.82) is 0 Å². The van der Waals surface area contributed by atoms with Crippen molar-refractivity contribution in [1.82, 2.24) is 15.6 Å². The van der Waals surface area contributed by atoms with Gasteiger partial charge in [-0.3, -0.25) is 4.99 Å². The van der Waals surface area contributed by atoms with E-state index in [4.69, 9.17) is 18.9 Å². The molecule has 32 heavy (non-hydrogen) atoms. The van der Waals surface area contributed by atoms with Crippen molar-refractivity contribution in [2.45, 2.75) is 32.5 Å². The fourth-order valence-corrected chi connectivity index (χ4v) is 3.19. The van der Waals surface area contributed by atoms with Gasteiger partial charge in [-0.1, -0.05) is 18.2 Å². The summed E-state index contributed by atoms with van der Waals surface area (Å²) >= 11 is 0. The number of nitrogens with one attached hydrogen (secondary N) is 2. The van der Waals surface area contributed by atoms with Crippen LogP contribution < -0.4 is 20.1 Å². The Morgan fingerprint density at radius 2 is 2.00 bits per heavy atom. The van der Waals surface area contributed by atoms with Gasteiger partial charge in [0.1, 0.15) is 18.5 Å². The highest BCUT2D eigenvalue weighted by molar-refractivity contribution is 14.0. The molecule has 1 unspecified atom stereocenters. The van der Waals surface area contributed by atoms with Crippen LogP contribution in [0.15, 0.2) is 41.5 Å². The number of guanidine groups is 1. The second kappa shape index (κ2) is 14.1. The van der Waals surface area contributed by atoms with Crippen LogP contribution in [0.5, 0.6) is 11.6 Å². The minimum absolute atomic E-state index is 0. The topological polar surface area (TPSA) is 86.2 Å². The lowest BCUT2D eigenvalue weighted by Crippen LogP contribution is -2.36. The first-order valence-corrected chi connectivity index (χ1v) is 10.5. The maximum absolute atomic E-state index is 6.18. The Balaban J connectivity index is 0.00000363. The Hall–Kier alpha value is -2.11. The molecule has 0 amide bonds. The van der Waals surface area contributed by atoms with Crippen LogP contribution >= 0.6 is 24.0 Å². The molecule has 1 aromatic heterocycles. The van der Waals surface area contributed by atoms with Crippen LogP contribution in [-0.4, -0.2) is 57.6 Å². The maximum atomic E-state index is 6.18. The van der Waals surface area contributed by atoms with Crippen LogP contribution in [0.4, 0.5) is 0 Å². The number of hydrogen-bond acceptors (Lipinski definition) is 6. The summed E-state index contributed by atoms with van der Waals surface area (Å²) in [7, 11) is 3.39. The van der Waals surface area contributed by atoms with Gasteiger partial charge < -0.3 is 29.6 Å². The normalized spacial score (nSPS) is 15.7. The van der Waals surface area contributed by atoms with Gasteiger partial charge in [0.25, 0.3) is 0 Å². The maximum Gasteiger partial charge on any atom is 0.218 e. The van der Waals surface area contributed by atoms with E-state index in [0.717, 1.165) is 35.5 Å². The number of rotatable bonds is 10. The molecule has 0 saturated carbocycles. The summed E-state index contributed by atoms with van der Waals surface area (Å²) in [4.78, 5) is 8.64. The molecule has 0 spiro atoms. The smallest absolute Gasteiger partial charge is 0.218 e. The van der Waals surface area contributed by atoms with Gasteiger partial charge in [-0.15, -0.1) is 24.0 Å². The monoisotopic (exact) mass is 556 g/mol. The summed E-state index contributed by atoms with van der Waals surface area (Å²) in [5, 5.41) is 6.68. The number of hydrogen-bond donors (Lipinski definition) is 2. The SMILES string of the molecule is CN=C(NCc1ccc(C)cc1OC1CCOC1)NCc1cccnc1OCCOC.I. The van der Waals surface area contributed by atoms with E-state index in [1.807, 2.05) is 12.1 Å². The lowest BCUT2D eigenvalue weighted by Gasteiger charge is -2.18. The first kappa shape index (κ1) is 26.1. The predicted octanol–water partition coefficient (Wildman–Crippen LogP) is 3.07. The number of aryl methyl sites for hydroxylation is 1. The summed E-state index contributed by atoms with van der Waals surface area (Å²) in [6.07, 6.45) is 2.75. The van der Waals surface area contributed by atoms with E-state index in [9.17, 15) is 0 Å². The number of aromatic nitrogens is 1. The quantitative estimate of drug-likeness (QED) is 0.201. The highest BCUT2D eigenvalue weighted by atomic mass is 127. The van der Waals surface area contributed by atoms with Gasteiger partial charge >= 0.3 is 0 Å². The molecule has 1 fully saturated rings. The molecular weight excluding hydrogens is 523 g/mol. The first-order valence-electron chi connectivity index (χ1n) is 10.5. The highest BCUT2D eigenvalue weighted by Gasteiger charge is 2.19. The molecule has 1 saturated heterocycles. The van der Waals surface area contributed by atoms with Crippen LogP contribution in [0.25, 0.3) is 0 Å². The van der Waals surface area contributed by atoms with Gasteiger partial charge in [-0.2, -0.15) is 0 Å². The molecule has 0 aliphatic carbocycles. The third-order valence-corrected chi connectivity index (χ3v) is 4.90. The van der Waals surface area contributed by atoms with E-state index in [0.29, 0.717) is 44.7 Å². The van der Waals surface area contributed by atoms with Crippen LogP contribution in [0.2, 0.25) is 0 Å². The molecule has 1 atom stereocenters. The molecule has 176 valence electrons. The second-order valence-corrected chi connectivity index (χ2v) is 7.30. The second-order valence-electron chi connectivity index (χ2n) is 7.30. The zero-order valence-electron chi connectivity index (χ0n) is 18.9. The van der Waals surface area contributed by atoms with Crippen molar-refractivity contribution in [3.63, 3.8) is 0 Å². The van der Waals surface area contributed by atoms with E-state index in [1.165, 1.54) is 0 Å². The summed E-state index contributed by atoms with van der Waals surface area (Å²) in [5.41, 5.74) is 3.19.